The second-order valence-electron chi connectivity index (χ2n) is 12.8. The number of ether oxygens (including phenoxy) is 2. The molecular formula is C42H38O4. The monoisotopic (exact) mass is 606 g/mol. The van der Waals surface area contributed by atoms with Crippen LogP contribution in [0.15, 0.2) is 116 Å². The van der Waals surface area contributed by atoms with Gasteiger partial charge in [-0.2, -0.15) is 0 Å². The van der Waals surface area contributed by atoms with Crippen molar-refractivity contribution >= 4 is 44.3 Å². The molecule has 0 bridgehead atoms. The minimum Gasteiger partial charge on any atom is -0.463 e. The van der Waals surface area contributed by atoms with Gasteiger partial charge in [0, 0.05) is 12.2 Å². The highest BCUT2D eigenvalue weighted by Gasteiger charge is 2.20. The molecule has 46 heavy (non-hydrogen) atoms. The van der Waals surface area contributed by atoms with E-state index in [1.807, 2.05) is 12.1 Å². The zero-order valence-corrected chi connectivity index (χ0v) is 26.7. The third kappa shape index (κ3) is 6.16. The smallest absolute Gasteiger partial charge is 0.330 e. The molecule has 0 unspecified atom stereocenters. The quantitative estimate of drug-likeness (QED) is 0.0674. The Bertz CT molecular complexity index is 2060. The number of hydrogen-bond acceptors (Lipinski definition) is 4. The maximum atomic E-state index is 11.6. The maximum absolute atomic E-state index is 11.6. The minimum atomic E-state index is -0.433. The molecule has 0 N–H and O–H groups in total. The first-order chi connectivity index (χ1) is 22.2. The average Bonchev–Trinajstić information content (AvgIpc) is 3.07. The normalized spacial score (nSPS) is 11.6. The molecule has 0 radical (unpaired) electrons. The molecule has 4 heteroatoms. The first kappa shape index (κ1) is 30.8. The zero-order chi connectivity index (χ0) is 32.4. The molecule has 0 heterocycles. The van der Waals surface area contributed by atoms with Crippen molar-refractivity contribution in [3.05, 3.63) is 133 Å². The van der Waals surface area contributed by atoms with E-state index in [1.165, 1.54) is 61.2 Å². The molecule has 0 spiro atoms. The number of carbonyl (C=O) groups excluding carboxylic acids is 2. The summed E-state index contributed by atoms with van der Waals surface area (Å²) >= 11 is 0. The lowest BCUT2D eigenvalue weighted by atomic mass is 9.81. The van der Waals surface area contributed by atoms with Gasteiger partial charge in [-0.15, -0.1) is 0 Å². The van der Waals surface area contributed by atoms with Gasteiger partial charge in [-0.05, 0) is 95.6 Å². The Morgan fingerprint density at radius 3 is 1.70 bits per heavy atom. The molecule has 0 amide bonds. The largest absolute Gasteiger partial charge is 0.463 e. The van der Waals surface area contributed by atoms with Crippen LogP contribution in [-0.4, -0.2) is 18.5 Å². The molecule has 4 nitrogen and oxygen atoms in total. The van der Waals surface area contributed by atoms with E-state index < -0.39 is 5.97 Å². The van der Waals surface area contributed by atoms with E-state index in [0.717, 1.165) is 35.1 Å². The summed E-state index contributed by atoms with van der Waals surface area (Å²) in [7, 11) is 0. The Kier molecular flexibility index (Phi) is 8.46. The van der Waals surface area contributed by atoms with Crippen molar-refractivity contribution in [1.82, 2.24) is 0 Å². The summed E-state index contributed by atoms with van der Waals surface area (Å²) in [5, 5.41) is 7.46. The van der Waals surface area contributed by atoms with Crippen LogP contribution in [0.25, 0.3) is 54.6 Å². The number of benzene rings is 6. The Hall–Kier alpha value is -5.22. The molecule has 0 saturated carbocycles. The van der Waals surface area contributed by atoms with E-state index in [0.29, 0.717) is 6.61 Å². The van der Waals surface area contributed by atoms with Gasteiger partial charge in [-0.25, -0.2) is 9.59 Å². The minimum absolute atomic E-state index is 0.0393. The number of esters is 2. The summed E-state index contributed by atoms with van der Waals surface area (Å²) in [6.45, 7) is 14.3. The Morgan fingerprint density at radius 2 is 1.17 bits per heavy atom. The van der Waals surface area contributed by atoms with Gasteiger partial charge < -0.3 is 9.47 Å². The molecule has 0 aromatic heterocycles. The Morgan fingerprint density at radius 1 is 0.652 bits per heavy atom. The third-order valence-electron chi connectivity index (χ3n) is 8.68. The summed E-state index contributed by atoms with van der Waals surface area (Å²) in [5.74, 6) is -0.821. The molecule has 0 fully saturated rings. The van der Waals surface area contributed by atoms with E-state index in [1.54, 1.807) is 0 Å². The van der Waals surface area contributed by atoms with Gasteiger partial charge in [0.2, 0.25) is 0 Å². The summed E-state index contributed by atoms with van der Waals surface area (Å²) in [6.07, 6.45) is 3.94. The van der Waals surface area contributed by atoms with Gasteiger partial charge in [-0.3, -0.25) is 0 Å². The highest BCUT2D eigenvalue weighted by atomic mass is 16.5. The first-order valence-corrected chi connectivity index (χ1v) is 15.7. The molecule has 0 atom stereocenters. The molecule has 0 aliphatic carbocycles. The van der Waals surface area contributed by atoms with Crippen LogP contribution < -0.4 is 0 Å². The lowest BCUT2D eigenvalue weighted by Crippen LogP contribution is -2.10. The summed E-state index contributed by atoms with van der Waals surface area (Å²) < 4.78 is 10.4. The fourth-order valence-electron chi connectivity index (χ4n) is 6.18. The summed E-state index contributed by atoms with van der Waals surface area (Å²) in [5.41, 5.74) is 8.04. The van der Waals surface area contributed by atoms with E-state index in [4.69, 9.17) is 9.47 Å². The molecule has 6 aromatic rings. The van der Waals surface area contributed by atoms with Crippen molar-refractivity contribution in [3.63, 3.8) is 0 Å². The molecule has 6 rings (SSSR count). The fraction of sp³-hybridized carbons (Fsp3) is 0.190. The van der Waals surface area contributed by atoms with E-state index >= 15 is 0 Å². The van der Waals surface area contributed by atoms with Crippen molar-refractivity contribution in [3.8, 4) is 22.3 Å². The van der Waals surface area contributed by atoms with E-state index in [2.05, 4.69) is 113 Å². The van der Waals surface area contributed by atoms with Crippen molar-refractivity contribution < 1.29 is 19.1 Å². The second-order valence-corrected chi connectivity index (χ2v) is 12.8. The third-order valence-corrected chi connectivity index (χ3v) is 8.68. The van der Waals surface area contributed by atoms with Crippen molar-refractivity contribution in [2.75, 3.05) is 6.61 Å². The van der Waals surface area contributed by atoms with Gasteiger partial charge in [0.15, 0.2) is 0 Å². The second kappa shape index (κ2) is 12.6. The standard InChI is InChI=1S/C42H38O4/c1-6-38(43)45-22-8-9-27-10-14-29(15-11-27)36-25-37(30-16-12-28(13-17-30)26-46-39(44)7-2)35-21-19-32-24-33(42(3,4)5)23-31-18-20-34(36)41(35)40(31)32/h6-7,10-21,23-25H,1-2,8-9,22,26H2,3-5H3. The van der Waals surface area contributed by atoms with Crippen LogP contribution in [0.2, 0.25) is 0 Å². The fourth-order valence-corrected chi connectivity index (χ4v) is 6.18. The van der Waals surface area contributed by atoms with Crippen LogP contribution >= 0.6 is 0 Å². The molecule has 0 aliphatic rings. The molecule has 6 aromatic carbocycles. The van der Waals surface area contributed by atoms with Gasteiger partial charge in [0.05, 0.1) is 6.61 Å². The highest BCUT2D eigenvalue weighted by Crippen LogP contribution is 2.45. The van der Waals surface area contributed by atoms with Gasteiger partial charge >= 0.3 is 11.9 Å². The highest BCUT2D eigenvalue weighted by molar-refractivity contribution is 6.28. The van der Waals surface area contributed by atoms with Crippen LogP contribution in [-0.2, 0) is 37.5 Å². The molecule has 0 saturated heterocycles. The van der Waals surface area contributed by atoms with E-state index in [-0.39, 0.29) is 18.0 Å². The van der Waals surface area contributed by atoms with Crippen LogP contribution in [0.1, 0.15) is 43.9 Å². The lowest BCUT2D eigenvalue weighted by molar-refractivity contribution is -0.139. The topological polar surface area (TPSA) is 52.6 Å². The van der Waals surface area contributed by atoms with Gasteiger partial charge in [0.25, 0.3) is 0 Å². The average molecular weight is 607 g/mol. The SMILES string of the molecule is C=CC(=O)OCCCc1ccc(-c2cc(-c3ccc(COC(=O)C=C)cc3)c3ccc4cc(C(C)(C)C)cc5ccc2c3c54)cc1. The van der Waals surface area contributed by atoms with Crippen molar-refractivity contribution in [1.29, 1.82) is 0 Å². The van der Waals surface area contributed by atoms with Gasteiger partial charge in [0.1, 0.15) is 6.61 Å². The number of rotatable bonds is 10. The Balaban J connectivity index is 1.46. The van der Waals surface area contributed by atoms with Gasteiger partial charge in [-0.1, -0.05) is 119 Å². The molecule has 0 aliphatic heterocycles. The van der Waals surface area contributed by atoms with Crippen LogP contribution in [0, 0.1) is 0 Å². The first-order valence-electron chi connectivity index (χ1n) is 15.7. The number of carbonyl (C=O) groups is 2. The maximum Gasteiger partial charge on any atom is 0.330 e. The predicted octanol–water partition coefficient (Wildman–Crippen LogP) is 10.1. The van der Waals surface area contributed by atoms with Crippen LogP contribution in [0.5, 0.6) is 0 Å². The van der Waals surface area contributed by atoms with Crippen LogP contribution in [0.3, 0.4) is 0 Å². The van der Waals surface area contributed by atoms with Crippen molar-refractivity contribution in [2.45, 2.75) is 45.6 Å². The number of aryl methyl sites for hydroxylation is 1. The number of hydrogen-bond donors (Lipinski definition) is 0. The predicted molar refractivity (Wildman–Crippen MR) is 189 cm³/mol. The lowest BCUT2D eigenvalue weighted by Gasteiger charge is -2.23. The van der Waals surface area contributed by atoms with Crippen molar-refractivity contribution in [2.24, 2.45) is 0 Å². The Labute approximate surface area is 270 Å². The van der Waals surface area contributed by atoms with E-state index in [9.17, 15) is 9.59 Å². The molecule has 230 valence electrons. The molecular weight excluding hydrogens is 568 g/mol. The summed E-state index contributed by atoms with van der Waals surface area (Å²) in [6, 6.07) is 33.0. The zero-order valence-electron chi connectivity index (χ0n) is 26.7. The summed E-state index contributed by atoms with van der Waals surface area (Å²) in [4.78, 5) is 23.0. The van der Waals surface area contributed by atoms with Crippen LogP contribution in [0.4, 0.5) is 0 Å².